The van der Waals surface area contributed by atoms with Crippen LogP contribution in [0, 0.1) is 32.1 Å². The van der Waals surface area contributed by atoms with Crippen molar-refractivity contribution in [3.63, 3.8) is 0 Å². The van der Waals surface area contributed by atoms with Crippen molar-refractivity contribution in [3.05, 3.63) is 34.4 Å². The molecule has 1 aliphatic rings. The van der Waals surface area contributed by atoms with Crippen LogP contribution in [0.3, 0.4) is 0 Å². The van der Waals surface area contributed by atoms with E-state index in [4.69, 9.17) is 5.84 Å². The third-order valence-corrected chi connectivity index (χ3v) is 4.55. The predicted molar refractivity (Wildman–Crippen MR) is 77.4 cm³/mol. The Kier molecular flexibility index (Phi) is 3.52. The van der Waals surface area contributed by atoms with Crippen LogP contribution in [0.15, 0.2) is 12.1 Å². The molecule has 2 nitrogen and oxygen atoms in total. The Morgan fingerprint density at radius 3 is 2.17 bits per heavy atom. The van der Waals surface area contributed by atoms with Gasteiger partial charge in [-0.25, -0.2) is 0 Å². The highest BCUT2D eigenvalue weighted by atomic mass is 15.2. The lowest BCUT2D eigenvalue weighted by molar-refractivity contribution is 0.408. The second kappa shape index (κ2) is 4.67. The molecule has 1 fully saturated rings. The van der Waals surface area contributed by atoms with E-state index >= 15 is 0 Å². The van der Waals surface area contributed by atoms with E-state index in [0.717, 1.165) is 6.42 Å². The summed E-state index contributed by atoms with van der Waals surface area (Å²) in [5, 5.41) is 0. The maximum Gasteiger partial charge on any atom is 0.0284 e. The quantitative estimate of drug-likeness (QED) is 0.633. The van der Waals surface area contributed by atoms with E-state index in [-0.39, 0.29) is 0 Å². The summed E-state index contributed by atoms with van der Waals surface area (Å²) >= 11 is 0. The summed E-state index contributed by atoms with van der Waals surface area (Å²) in [6.45, 7) is 11.2. The monoisotopic (exact) mass is 246 g/mol. The second-order valence-corrected chi connectivity index (χ2v) is 6.65. The van der Waals surface area contributed by atoms with Crippen molar-refractivity contribution in [2.24, 2.45) is 17.2 Å². The number of aryl methyl sites for hydroxylation is 3. The molecule has 0 aliphatic heterocycles. The van der Waals surface area contributed by atoms with E-state index in [9.17, 15) is 0 Å². The Balaban J connectivity index is 2.18. The molecule has 18 heavy (non-hydrogen) atoms. The normalized spacial score (nSPS) is 22.9. The van der Waals surface area contributed by atoms with Crippen molar-refractivity contribution >= 4 is 0 Å². The van der Waals surface area contributed by atoms with Gasteiger partial charge in [0.15, 0.2) is 0 Å². The molecule has 2 rings (SSSR count). The number of hydrogen-bond acceptors (Lipinski definition) is 2. The zero-order valence-electron chi connectivity index (χ0n) is 12.3. The van der Waals surface area contributed by atoms with E-state index in [0.29, 0.717) is 17.4 Å². The van der Waals surface area contributed by atoms with Crippen molar-refractivity contribution in [1.29, 1.82) is 0 Å². The van der Waals surface area contributed by atoms with Gasteiger partial charge in [0.05, 0.1) is 0 Å². The number of nitrogens with one attached hydrogen (secondary N) is 1. The molecule has 2 atom stereocenters. The van der Waals surface area contributed by atoms with Gasteiger partial charge >= 0.3 is 0 Å². The average molecular weight is 246 g/mol. The maximum absolute atomic E-state index is 5.76. The van der Waals surface area contributed by atoms with Crippen molar-refractivity contribution in [2.75, 3.05) is 0 Å². The highest BCUT2D eigenvalue weighted by Crippen LogP contribution is 2.54. The SMILES string of the molecule is Cc1cc(C)c(CC(NN)C2CC2(C)C)c(C)c1. The van der Waals surface area contributed by atoms with Crippen LogP contribution in [-0.2, 0) is 6.42 Å². The molecule has 0 amide bonds. The molecule has 0 spiro atoms. The summed E-state index contributed by atoms with van der Waals surface area (Å²) < 4.78 is 0. The average Bonchev–Trinajstić information content (AvgIpc) is 2.86. The fourth-order valence-corrected chi connectivity index (χ4v) is 3.26. The number of benzene rings is 1. The zero-order valence-corrected chi connectivity index (χ0v) is 12.3. The first-order chi connectivity index (χ1) is 8.35. The standard InChI is InChI=1S/C16H26N2/c1-10-6-11(2)13(12(3)7-10)8-15(18-17)14-9-16(14,4)5/h6-7,14-15,18H,8-9,17H2,1-5H3. The van der Waals surface area contributed by atoms with Crippen LogP contribution in [-0.4, -0.2) is 6.04 Å². The van der Waals surface area contributed by atoms with Gasteiger partial charge in [-0.15, -0.1) is 0 Å². The minimum absolute atomic E-state index is 0.403. The van der Waals surface area contributed by atoms with E-state index in [1.807, 2.05) is 0 Å². The van der Waals surface area contributed by atoms with Gasteiger partial charge in [-0.2, -0.15) is 0 Å². The van der Waals surface area contributed by atoms with Gasteiger partial charge in [0.25, 0.3) is 0 Å². The maximum atomic E-state index is 5.76. The largest absolute Gasteiger partial charge is 0.271 e. The lowest BCUT2D eigenvalue weighted by Gasteiger charge is -2.20. The first kappa shape index (κ1) is 13.6. The van der Waals surface area contributed by atoms with Crippen LogP contribution >= 0.6 is 0 Å². The minimum atomic E-state index is 0.403. The summed E-state index contributed by atoms with van der Waals surface area (Å²) in [6, 6.07) is 4.95. The molecule has 0 bridgehead atoms. The molecule has 0 saturated heterocycles. The fraction of sp³-hybridized carbons (Fsp3) is 0.625. The molecule has 0 radical (unpaired) electrons. The van der Waals surface area contributed by atoms with Crippen LogP contribution in [0.2, 0.25) is 0 Å². The molecule has 1 aliphatic carbocycles. The van der Waals surface area contributed by atoms with Gasteiger partial charge in [0.2, 0.25) is 0 Å². The van der Waals surface area contributed by atoms with Crippen LogP contribution in [0.4, 0.5) is 0 Å². The second-order valence-electron chi connectivity index (χ2n) is 6.65. The van der Waals surface area contributed by atoms with Gasteiger partial charge < -0.3 is 0 Å². The molecular weight excluding hydrogens is 220 g/mol. The highest BCUT2D eigenvalue weighted by Gasteiger charge is 2.49. The molecule has 1 aromatic carbocycles. The lowest BCUT2D eigenvalue weighted by Crippen LogP contribution is -2.39. The third-order valence-electron chi connectivity index (χ3n) is 4.55. The van der Waals surface area contributed by atoms with Gasteiger partial charge in [-0.3, -0.25) is 11.3 Å². The molecule has 2 heteroatoms. The Morgan fingerprint density at radius 2 is 1.78 bits per heavy atom. The molecule has 0 aromatic heterocycles. The van der Waals surface area contributed by atoms with Crippen LogP contribution in [0.1, 0.15) is 42.5 Å². The summed E-state index contributed by atoms with van der Waals surface area (Å²) in [5.74, 6) is 6.47. The van der Waals surface area contributed by atoms with E-state index in [1.165, 1.54) is 28.7 Å². The number of rotatable bonds is 4. The van der Waals surface area contributed by atoms with E-state index in [2.05, 4.69) is 52.2 Å². The van der Waals surface area contributed by atoms with E-state index < -0.39 is 0 Å². The molecule has 0 heterocycles. The Labute approximate surface area is 111 Å². The summed E-state index contributed by atoms with van der Waals surface area (Å²) in [6.07, 6.45) is 2.33. The number of hydrazine groups is 1. The van der Waals surface area contributed by atoms with E-state index in [1.54, 1.807) is 0 Å². The van der Waals surface area contributed by atoms with Crippen LogP contribution in [0.5, 0.6) is 0 Å². The molecule has 3 N–H and O–H groups in total. The smallest absolute Gasteiger partial charge is 0.0284 e. The molecular formula is C16H26N2. The zero-order chi connectivity index (χ0) is 13.5. The Bertz CT molecular complexity index is 425. The number of hydrogen-bond donors (Lipinski definition) is 2. The van der Waals surface area contributed by atoms with Crippen molar-refractivity contribution < 1.29 is 0 Å². The number of nitrogens with two attached hydrogens (primary N) is 1. The topological polar surface area (TPSA) is 38.0 Å². The van der Waals surface area contributed by atoms with Crippen molar-refractivity contribution in [3.8, 4) is 0 Å². The molecule has 1 saturated carbocycles. The minimum Gasteiger partial charge on any atom is -0.271 e. The van der Waals surface area contributed by atoms with Crippen LogP contribution < -0.4 is 11.3 Å². The first-order valence-corrected chi connectivity index (χ1v) is 6.88. The van der Waals surface area contributed by atoms with Gasteiger partial charge in [0.1, 0.15) is 0 Å². The van der Waals surface area contributed by atoms with Gasteiger partial charge in [-0.05, 0) is 61.6 Å². The fourth-order valence-electron chi connectivity index (χ4n) is 3.26. The molecule has 1 aromatic rings. The van der Waals surface area contributed by atoms with Gasteiger partial charge in [0, 0.05) is 6.04 Å². The Morgan fingerprint density at radius 1 is 1.28 bits per heavy atom. The third kappa shape index (κ3) is 2.60. The van der Waals surface area contributed by atoms with Crippen LogP contribution in [0.25, 0.3) is 0 Å². The van der Waals surface area contributed by atoms with Crippen molar-refractivity contribution in [2.45, 2.75) is 53.5 Å². The molecule has 2 unspecified atom stereocenters. The first-order valence-electron chi connectivity index (χ1n) is 6.88. The predicted octanol–water partition coefficient (Wildman–Crippen LogP) is 3.03. The summed E-state index contributed by atoms with van der Waals surface area (Å²) in [5.41, 5.74) is 9.10. The molecule has 100 valence electrons. The van der Waals surface area contributed by atoms with Crippen molar-refractivity contribution in [1.82, 2.24) is 5.43 Å². The Hall–Kier alpha value is -0.860. The highest BCUT2D eigenvalue weighted by molar-refractivity contribution is 5.38. The summed E-state index contributed by atoms with van der Waals surface area (Å²) in [7, 11) is 0. The summed E-state index contributed by atoms with van der Waals surface area (Å²) in [4.78, 5) is 0. The lowest BCUT2D eigenvalue weighted by atomic mass is 9.91. The van der Waals surface area contributed by atoms with Gasteiger partial charge in [-0.1, -0.05) is 31.5 Å².